The van der Waals surface area contributed by atoms with Gasteiger partial charge in [0.05, 0.1) is 17.0 Å². The van der Waals surface area contributed by atoms with Gasteiger partial charge in [0.25, 0.3) is 0 Å². The number of nitrogens with zero attached hydrogens (tertiary/aromatic N) is 3. The molecule has 9 nitrogen and oxygen atoms in total. The summed E-state index contributed by atoms with van der Waals surface area (Å²) in [7, 11) is -3.73. The molecule has 0 aliphatic carbocycles. The number of nitrogens with two attached hydrogens (primary N) is 1. The Labute approximate surface area is 239 Å². The van der Waals surface area contributed by atoms with E-state index in [1.165, 1.54) is 17.7 Å². The topological polar surface area (TPSA) is 129 Å². The molecule has 1 fully saturated rings. The summed E-state index contributed by atoms with van der Waals surface area (Å²) in [5.74, 6) is 1.35. The van der Waals surface area contributed by atoms with E-state index in [9.17, 15) is 13.2 Å². The Bertz CT molecular complexity index is 1190. The first kappa shape index (κ1) is 31.6. The van der Waals surface area contributed by atoms with Gasteiger partial charge in [0.1, 0.15) is 11.5 Å². The number of benzene rings is 2. The van der Waals surface area contributed by atoms with E-state index < -0.39 is 10.0 Å². The number of primary sulfonamides is 1. The number of sulfonamides is 1. The first-order valence-corrected chi connectivity index (χ1v) is 15.9. The summed E-state index contributed by atoms with van der Waals surface area (Å²) >= 11 is 0. The van der Waals surface area contributed by atoms with Crippen LogP contribution >= 0.6 is 0 Å². The first-order valence-electron chi connectivity index (χ1n) is 14.3. The van der Waals surface area contributed by atoms with Gasteiger partial charge in [-0.2, -0.15) is 5.26 Å². The normalized spacial score (nSPS) is 15.3. The number of amides is 1. The van der Waals surface area contributed by atoms with Gasteiger partial charge >= 0.3 is 0 Å². The quantitative estimate of drug-likeness (QED) is 0.287. The Morgan fingerprint density at radius 2 is 1.60 bits per heavy atom. The second-order valence-electron chi connectivity index (χ2n) is 10.3. The Hall–Kier alpha value is -2.97. The molecular formula is C30H43N5O4S. The van der Waals surface area contributed by atoms with Gasteiger partial charge in [-0.1, -0.05) is 44.7 Å². The number of nitrogens with one attached hydrogen (secondary N) is 1. The third-order valence-electron chi connectivity index (χ3n) is 7.21. The SMILES string of the molecule is CCCCC(C(=O)NCCCCCCC#N)N1CCN(Cc2ccc(Oc3ccc(S(N)(=O)=O)cc3)cc2)CC1. The molecule has 2 aromatic rings. The maximum atomic E-state index is 13.0. The lowest BCUT2D eigenvalue weighted by Gasteiger charge is -2.38. The maximum Gasteiger partial charge on any atom is 0.238 e. The fourth-order valence-electron chi connectivity index (χ4n) is 4.88. The van der Waals surface area contributed by atoms with E-state index in [1.807, 2.05) is 24.3 Å². The lowest BCUT2D eigenvalue weighted by atomic mass is 10.1. The van der Waals surface area contributed by atoms with Crippen molar-refractivity contribution in [2.75, 3.05) is 32.7 Å². The lowest BCUT2D eigenvalue weighted by Crippen LogP contribution is -2.54. The van der Waals surface area contributed by atoms with E-state index in [1.54, 1.807) is 12.1 Å². The number of hydrogen-bond donors (Lipinski definition) is 2. The number of rotatable bonds is 16. The van der Waals surface area contributed by atoms with Crippen molar-refractivity contribution < 1.29 is 17.9 Å². The Balaban J connectivity index is 1.44. The average molecular weight is 570 g/mol. The molecule has 1 amide bonds. The van der Waals surface area contributed by atoms with Gasteiger partial charge in [-0.05, 0) is 61.2 Å². The van der Waals surface area contributed by atoms with E-state index in [0.29, 0.717) is 24.5 Å². The van der Waals surface area contributed by atoms with Crippen LogP contribution in [-0.2, 0) is 21.4 Å². The minimum Gasteiger partial charge on any atom is -0.457 e. The van der Waals surface area contributed by atoms with Crippen LogP contribution in [0, 0.1) is 11.3 Å². The van der Waals surface area contributed by atoms with Crippen molar-refractivity contribution in [2.45, 2.75) is 75.8 Å². The Morgan fingerprint density at radius 1 is 0.975 bits per heavy atom. The van der Waals surface area contributed by atoms with Crippen molar-refractivity contribution in [3.8, 4) is 17.6 Å². The number of hydrogen-bond acceptors (Lipinski definition) is 7. The Kier molecular flexibility index (Phi) is 12.9. The van der Waals surface area contributed by atoms with Crippen molar-refractivity contribution in [1.29, 1.82) is 5.26 Å². The van der Waals surface area contributed by atoms with Crippen LogP contribution < -0.4 is 15.2 Å². The highest BCUT2D eigenvalue weighted by atomic mass is 32.2. The molecule has 1 aliphatic rings. The predicted octanol–water partition coefficient (Wildman–Crippen LogP) is 4.39. The van der Waals surface area contributed by atoms with Gasteiger partial charge < -0.3 is 10.1 Å². The minimum absolute atomic E-state index is 0.0481. The number of nitriles is 1. The molecule has 0 aromatic heterocycles. The van der Waals surface area contributed by atoms with E-state index in [-0.39, 0.29) is 16.8 Å². The number of carbonyl (C=O) groups excluding carboxylic acids is 1. The first-order chi connectivity index (χ1) is 19.3. The molecule has 1 aliphatic heterocycles. The molecule has 3 N–H and O–H groups in total. The molecule has 0 spiro atoms. The third kappa shape index (κ3) is 10.5. The minimum atomic E-state index is -3.73. The summed E-state index contributed by atoms with van der Waals surface area (Å²) in [4.78, 5) is 17.8. The van der Waals surface area contributed by atoms with Crippen LogP contribution in [0.15, 0.2) is 53.4 Å². The van der Waals surface area contributed by atoms with Crippen molar-refractivity contribution in [2.24, 2.45) is 5.14 Å². The molecule has 0 bridgehead atoms. The number of ether oxygens (including phenoxy) is 1. The predicted molar refractivity (Wildman–Crippen MR) is 156 cm³/mol. The maximum absolute atomic E-state index is 13.0. The smallest absolute Gasteiger partial charge is 0.238 e. The lowest BCUT2D eigenvalue weighted by molar-refractivity contribution is -0.127. The molecule has 218 valence electrons. The van der Waals surface area contributed by atoms with Gasteiger partial charge in [-0.15, -0.1) is 0 Å². The third-order valence-corrected chi connectivity index (χ3v) is 8.14. The molecule has 3 rings (SSSR count). The molecule has 1 unspecified atom stereocenters. The van der Waals surface area contributed by atoms with Crippen molar-refractivity contribution in [1.82, 2.24) is 15.1 Å². The standard InChI is InChI=1S/C30H43N5O4S/c1-2-3-9-29(30(36)33-19-8-6-4-5-7-18-31)35-22-20-34(21-23-35)24-25-10-12-26(13-11-25)39-27-14-16-28(17-15-27)40(32,37)38/h10-17,29H,2-9,19-24H2,1H3,(H,33,36)(H2,32,37,38). The summed E-state index contributed by atoms with van der Waals surface area (Å²) < 4.78 is 28.7. The molecule has 0 radical (unpaired) electrons. The van der Waals surface area contributed by atoms with Gasteiger partial charge in [0.15, 0.2) is 0 Å². The van der Waals surface area contributed by atoms with Crippen LogP contribution in [0.25, 0.3) is 0 Å². The second kappa shape index (κ2) is 16.3. The zero-order valence-electron chi connectivity index (χ0n) is 23.6. The summed E-state index contributed by atoms with van der Waals surface area (Å²) in [5.41, 5.74) is 1.18. The van der Waals surface area contributed by atoms with E-state index in [0.717, 1.165) is 77.7 Å². The largest absolute Gasteiger partial charge is 0.457 e. The van der Waals surface area contributed by atoms with E-state index in [4.69, 9.17) is 15.1 Å². The molecule has 1 saturated heterocycles. The van der Waals surface area contributed by atoms with Crippen LogP contribution in [0.4, 0.5) is 0 Å². The monoisotopic (exact) mass is 569 g/mol. The highest BCUT2D eigenvalue weighted by Gasteiger charge is 2.28. The molecule has 10 heteroatoms. The molecular weight excluding hydrogens is 526 g/mol. The van der Waals surface area contributed by atoms with Crippen molar-refractivity contribution in [3.63, 3.8) is 0 Å². The van der Waals surface area contributed by atoms with Crippen molar-refractivity contribution in [3.05, 3.63) is 54.1 Å². The summed E-state index contributed by atoms with van der Waals surface area (Å²) in [6.07, 6.45) is 7.58. The van der Waals surface area contributed by atoms with Crippen molar-refractivity contribution >= 4 is 15.9 Å². The zero-order valence-corrected chi connectivity index (χ0v) is 24.4. The van der Waals surface area contributed by atoms with Crippen LogP contribution in [0.3, 0.4) is 0 Å². The molecule has 1 heterocycles. The summed E-state index contributed by atoms with van der Waals surface area (Å²) in [5, 5.41) is 16.9. The van der Waals surface area contributed by atoms with Crippen LogP contribution in [0.1, 0.15) is 63.9 Å². The van der Waals surface area contributed by atoms with Gasteiger partial charge in [-0.3, -0.25) is 14.6 Å². The molecule has 40 heavy (non-hydrogen) atoms. The molecule has 1 atom stereocenters. The van der Waals surface area contributed by atoms with E-state index in [2.05, 4.69) is 28.1 Å². The fraction of sp³-hybridized carbons (Fsp3) is 0.533. The fourth-order valence-corrected chi connectivity index (χ4v) is 5.39. The van der Waals surface area contributed by atoms with Crippen LogP contribution in [0.2, 0.25) is 0 Å². The number of carbonyl (C=O) groups is 1. The molecule has 2 aromatic carbocycles. The van der Waals surface area contributed by atoms with E-state index >= 15 is 0 Å². The Morgan fingerprint density at radius 3 is 2.20 bits per heavy atom. The highest BCUT2D eigenvalue weighted by molar-refractivity contribution is 7.89. The van der Waals surface area contributed by atoms with Gasteiger partial charge in [-0.25, -0.2) is 13.6 Å². The number of piperazine rings is 1. The van der Waals surface area contributed by atoms with Gasteiger partial charge in [0, 0.05) is 45.7 Å². The summed E-state index contributed by atoms with van der Waals surface area (Å²) in [6.45, 7) is 7.24. The van der Waals surface area contributed by atoms with Gasteiger partial charge in [0.2, 0.25) is 15.9 Å². The number of unbranched alkanes of at least 4 members (excludes halogenated alkanes) is 5. The highest BCUT2D eigenvalue weighted by Crippen LogP contribution is 2.24. The second-order valence-corrected chi connectivity index (χ2v) is 11.9. The summed E-state index contributed by atoms with van der Waals surface area (Å²) in [6, 6.07) is 16.0. The van der Waals surface area contributed by atoms with Crippen LogP contribution in [0.5, 0.6) is 11.5 Å². The average Bonchev–Trinajstić information content (AvgIpc) is 2.94. The molecule has 0 saturated carbocycles. The zero-order chi connectivity index (χ0) is 28.8. The van der Waals surface area contributed by atoms with Crippen LogP contribution in [-0.4, -0.2) is 62.9 Å².